The molecule has 1 amide bonds. The van der Waals surface area contributed by atoms with Gasteiger partial charge < -0.3 is 10.1 Å². The molecule has 0 aliphatic carbocycles. The second kappa shape index (κ2) is 6.91. The molecular weight excluding hydrogens is 276 g/mol. The normalized spacial score (nSPS) is 10.1. The van der Waals surface area contributed by atoms with Crippen molar-refractivity contribution in [2.75, 3.05) is 11.9 Å². The maximum atomic E-state index is 12.1. The number of hydrogen-bond acceptors (Lipinski definition) is 3. The minimum atomic E-state index is -0.248. The monoisotopic (exact) mass is 290 g/mol. The van der Waals surface area contributed by atoms with Crippen LogP contribution in [0.1, 0.15) is 23.7 Å². The molecule has 0 saturated carbocycles. The number of nitrogens with one attached hydrogen (secondary N) is 1. The highest BCUT2D eigenvalue weighted by Crippen LogP contribution is 2.24. The fourth-order valence-corrected chi connectivity index (χ4v) is 1.72. The quantitative estimate of drug-likeness (QED) is 0.853. The van der Waals surface area contributed by atoms with E-state index in [1.165, 1.54) is 6.20 Å². The third-order valence-corrected chi connectivity index (χ3v) is 2.81. The van der Waals surface area contributed by atoms with Gasteiger partial charge in [-0.15, -0.1) is 0 Å². The summed E-state index contributed by atoms with van der Waals surface area (Å²) in [6, 6.07) is 10.5. The van der Waals surface area contributed by atoms with Gasteiger partial charge in [0.2, 0.25) is 0 Å². The zero-order valence-corrected chi connectivity index (χ0v) is 11.9. The number of carbonyl (C=O) groups excluding carboxylic acids is 1. The summed E-state index contributed by atoms with van der Waals surface area (Å²) in [4.78, 5) is 16.0. The molecule has 0 fully saturated rings. The molecule has 4 nitrogen and oxygen atoms in total. The number of nitrogens with zero attached hydrogens (tertiary/aromatic N) is 1. The van der Waals surface area contributed by atoms with Crippen LogP contribution in [0.3, 0.4) is 0 Å². The lowest BCUT2D eigenvalue weighted by Gasteiger charge is -2.11. The van der Waals surface area contributed by atoms with Crippen LogP contribution < -0.4 is 10.1 Å². The maximum Gasteiger partial charge on any atom is 0.257 e. The molecule has 0 radical (unpaired) electrons. The highest BCUT2D eigenvalue weighted by Gasteiger charge is 2.09. The van der Waals surface area contributed by atoms with Crippen molar-refractivity contribution in [2.24, 2.45) is 0 Å². The third kappa shape index (κ3) is 3.71. The van der Waals surface area contributed by atoms with E-state index in [9.17, 15) is 4.79 Å². The number of rotatable bonds is 5. The summed E-state index contributed by atoms with van der Waals surface area (Å²) in [7, 11) is 0. The van der Waals surface area contributed by atoms with Crippen LogP contribution in [0.5, 0.6) is 5.75 Å². The topological polar surface area (TPSA) is 51.2 Å². The summed E-state index contributed by atoms with van der Waals surface area (Å²) in [6.45, 7) is 2.63. The second-order valence-electron chi connectivity index (χ2n) is 4.17. The van der Waals surface area contributed by atoms with E-state index in [-0.39, 0.29) is 5.91 Å². The number of hydrogen-bond donors (Lipinski definition) is 1. The summed E-state index contributed by atoms with van der Waals surface area (Å²) in [6.07, 6.45) is 2.34. The van der Waals surface area contributed by atoms with Crippen LogP contribution in [0.25, 0.3) is 0 Å². The molecule has 104 valence electrons. The van der Waals surface area contributed by atoms with Crippen molar-refractivity contribution in [3.05, 3.63) is 53.3 Å². The molecule has 0 spiro atoms. The third-order valence-electron chi connectivity index (χ3n) is 2.59. The van der Waals surface area contributed by atoms with Gasteiger partial charge in [0.05, 0.1) is 17.9 Å². The summed E-state index contributed by atoms with van der Waals surface area (Å²) in [5, 5.41) is 3.16. The second-order valence-corrected chi connectivity index (χ2v) is 4.56. The molecule has 0 aliphatic heterocycles. The predicted molar refractivity (Wildman–Crippen MR) is 79.4 cm³/mol. The number of carbonyl (C=O) groups is 1. The molecule has 1 aromatic heterocycles. The van der Waals surface area contributed by atoms with Crippen LogP contribution in [-0.4, -0.2) is 17.5 Å². The van der Waals surface area contributed by atoms with Crippen LogP contribution in [-0.2, 0) is 0 Å². The van der Waals surface area contributed by atoms with Gasteiger partial charge in [-0.1, -0.05) is 30.7 Å². The van der Waals surface area contributed by atoms with Crippen molar-refractivity contribution >= 4 is 23.2 Å². The highest BCUT2D eigenvalue weighted by atomic mass is 35.5. The Morgan fingerprint density at radius 3 is 2.80 bits per heavy atom. The predicted octanol–water partition coefficient (Wildman–Crippen LogP) is 3.78. The van der Waals surface area contributed by atoms with Crippen molar-refractivity contribution < 1.29 is 9.53 Å². The first-order chi connectivity index (χ1) is 9.70. The Morgan fingerprint density at radius 2 is 2.10 bits per heavy atom. The Kier molecular flexibility index (Phi) is 4.96. The van der Waals surface area contributed by atoms with Gasteiger partial charge in [0.15, 0.2) is 0 Å². The molecule has 0 bridgehead atoms. The first-order valence-electron chi connectivity index (χ1n) is 6.35. The number of ether oxygens (including phenoxy) is 1. The Bertz CT molecular complexity index is 585. The number of para-hydroxylation sites is 2. The number of benzene rings is 1. The van der Waals surface area contributed by atoms with E-state index in [1.54, 1.807) is 18.2 Å². The Labute approximate surface area is 122 Å². The number of halogens is 1. The summed E-state index contributed by atoms with van der Waals surface area (Å²) in [5.41, 5.74) is 1.08. The van der Waals surface area contributed by atoms with Gasteiger partial charge in [-0.2, -0.15) is 0 Å². The van der Waals surface area contributed by atoms with E-state index in [4.69, 9.17) is 16.3 Å². The largest absolute Gasteiger partial charge is 0.491 e. The minimum absolute atomic E-state index is 0.248. The Hall–Kier alpha value is -2.07. The molecule has 20 heavy (non-hydrogen) atoms. The van der Waals surface area contributed by atoms with Gasteiger partial charge in [-0.25, -0.2) is 4.98 Å². The molecular formula is C15H15ClN2O2. The van der Waals surface area contributed by atoms with Gasteiger partial charge in [-0.05, 0) is 30.7 Å². The van der Waals surface area contributed by atoms with Crippen molar-refractivity contribution in [3.63, 3.8) is 0 Å². The average Bonchev–Trinajstić information content (AvgIpc) is 2.47. The highest BCUT2D eigenvalue weighted by molar-refractivity contribution is 6.29. The molecule has 1 heterocycles. The maximum absolute atomic E-state index is 12.1. The zero-order valence-electron chi connectivity index (χ0n) is 11.1. The Balaban J connectivity index is 2.13. The molecule has 0 atom stereocenters. The summed E-state index contributed by atoms with van der Waals surface area (Å²) < 4.78 is 5.59. The fraction of sp³-hybridized carbons (Fsp3) is 0.200. The molecule has 1 aromatic carbocycles. The van der Waals surface area contributed by atoms with Gasteiger partial charge in [0.25, 0.3) is 5.91 Å². The van der Waals surface area contributed by atoms with Gasteiger partial charge in [0, 0.05) is 6.20 Å². The van der Waals surface area contributed by atoms with Crippen LogP contribution >= 0.6 is 11.6 Å². The number of pyridine rings is 1. The number of amides is 1. The first kappa shape index (κ1) is 14.3. The van der Waals surface area contributed by atoms with E-state index in [0.29, 0.717) is 28.8 Å². The van der Waals surface area contributed by atoms with E-state index < -0.39 is 0 Å². The summed E-state index contributed by atoms with van der Waals surface area (Å²) >= 11 is 5.70. The van der Waals surface area contributed by atoms with Gasteiger partial charge in [-0.3, -0.25) is 4.79 Å². The van der Waals surface area contributed by atoms with Crippen molar-refractivity contribution in [1.29, 1.82) is 0 Å². The van der Waals surface area contributed by atoms with E-state index >= 15 is 0 Å². The SMILES string of the molecule is CCCOc1ccccc1NC(=O)c1ccc(Cl)nc1. The average molecular weight is 291 g/mol. The lowest BCUT2D eigenvalue weighted by Crippen LogP contribution is -2.13. The molecule has 0 aliphatic rings. The Morgan fingerprint density at radius 1 is 1.30 bits per heavy atom. The lowest BCUT2D eigenvalue weighted by molar-refractivity contribution is 0.102. The molecule has 5 heteroatoms. The van der Waals surface area contributed by atoms with Crippen LogP contribution in [0.2, 0.25) is 5.15 Å². The molecule has 1 N–H and O–H groups in total. The smallest absolute Gasteiger partial charge is 0.257 e. The molecule has 0 saturated heterocycles. The van der Waals surface area contributed by atoms with Crippen molar-refractivity contribution in [1.82, 2.24) is 4.98 Å². The van der Waals surface area contributed by atoms with E-state index in [0.717, 1.165) is 6.42 Å². The molecule has 2 rings (SSSR count). The number of anilines is 1. The zero-order chi connectivity index (χ0) is 14.4. The molecule has 0 unspecified atom stereocenters. The van der Waals surface area contributed by atoms with Crippen molar-refractivity contribution in [2.45, 2.75) is 13.3 Å². The lowest BCUT2D eigenvalue weighted by atomic mass is 10.2. The van der Waals surface area contributed by atoms with Crippen LogP contribution in [0.4, 0.5) is 5.69 Å². The van der Waals surface area contributed by atoms with Crippen LogP contribution in [0.15, 0.2) is 42.6 Å². The van der Waals surface area contributed by atoms with E-state index in [2.05, 4.69) is 10.3 Å². The minimum Gasteiger partial charge on any atom is -0.491 e. The van der Waals surface area contributed by atoms with Gasteiger partial charge in [0.1, 0.15) is 10.9 Å². The standard InChI is InChI=1S/C15H15ClN2O2/c1-2-9-20-13-6-4-3-5-12(13)18-15(19)11-7-8-14(16)17-10-11/h3-8,10H,2,9H2,1H3,(H,18,19). The van der Waals surface area contributed by atoms with Crippen LogP contribution in [0, 0.1) is 0 Å². The summed E-state index contributed by atoms with van der Waals surface area (Å²) in [5.74, 6) is 0.409. The molecule has 2 aromatic rings. The van der Waals surface area contributed by atoms with E-state index in [1.807, 2.05) is 25.1 Å². The van der Waals surface area contributed by atoms with Crippen molar-refractivity contribution in [3.8, 4) is 5.75 Å². The fourth-order valence-electron chi connectivity index (χ4n) is 1.61. The first-order valence-corrected chi connectivity index (χ1v) is 6.73. The number of aromatic nitrogens is 1. The van der Waals surface area contributed by atoms with Gasteiger partial charge >= 0.3 is 0 Å².